The number of rotatable bonds is 4. The maximum Gasteiger partial charge on any atom is 0.409 e. The number of aryl methyl sites for hydroxylation is 1. The number of piperazine rings is 1. The van der Waals surface area contributed by atoms with Crippen molar-refractivity contribution in [2.45, 2.75) is 13.8 Å². The fourth-order valence-electron chi connectivity index (χ4n) is 2.31. The summed E-state index contributed by atoms with van der Waals surface area (Å²) in [4.78, 5) is 27.1. The number of halogens is 1. The van der Waals surface area contributed by atoms with Crippen molar-refractivity contribution in [2.24, 2.45) is 0 Å². The van der Waals surface area contributed by atoms with Gasteiger partial charge in [-0.05, 0) is 47.5 Å². The number of nitrogens with zero attached hydrogens (tertiary/aromatic N) is 2. The average molecular weight is 385 g/mol. The third-order valence-corrected chi connectivity index (χ3v) is 4.22. The second-order valence-electron chi connectivity index (χ2n) is 5.29. The predicted molar refractivity (Wildman–Crippen MR) is 89.5 cm³/mol. The Hall–Kier alpha value is -1.76. The predicted octanol–water partition coefficient (Wildman–Crippen LogP) is 2.44. The quantitative estimate of drug-likeness (QED) is 0.799. The standard InChI is InChI=1S/C16H21BrN2O4/c1-3-22-16(21)19-8-6-18(7-9-19)15(20)11-23-14-5-4-12(2)10-13(14)17/h4-5,10H,3,6-9,11H2,1-2H3. The van der Waals surface area contributed by atoms with Crippen molar-refractivity contribution in [3.8, 4) is 5.75 Å². The second-order valence-corrected chi connectivity index (χ2v) is 6.14. The van der Waals surface area contributed by atoms with Gasteiger partial charge in [-0.2, -0.15) is 0 Å². The molecule has 1 aliphatic heterocycles. The van der Waals surface area contributed by atoms with E-state index in [1.165, 1.54) is 0 Å². The average Bonchev–Trinajstić information content (AvgIpc) is 2.54. The molecule has 0 atom stereocenters. The molecule has 0 spiro atoms. The van der Waals surface area contributed by atoms with Gasteiger partial charge in [-0.15, -0.1) is 0 Å². The number of ether oxygens (including phenoxy) is 2. The molecule has 0 saturated carbocycles. The normalized spacial score (nSPS) is 14.6. The van der Waals surface area contributed by atoms with Crippen LogP contribution in [0, 0.1) is 6.92 Å². The molecule has 2 amide bonds. The van der Waals surface area contributed by atoms with Crippen LogP contribution in [0.4, 0.5) is 4.79 Å². The minimum absolute atomic E-state index is 0.0128. The van der Waals surface area contributed by atoms with Gasteiger partial charge in [0.05, 0.1) is 11.1 Å². The van der Waals surface area contributed by atoms with Gasteiger partial charge in [0, 0.05) is 26.2 Å². The highest BCUT2D eigenvalue weighted by molar-refractivity contribution is 9.10. The number of carbonyl (C=O) groups excluding carboxylic acids is 2. The monoisotopic (exact) mass is 384 g/mol. The number of hydrogen-bond acceptors (Lipinski definition) is 4. The van der Waals surface area contributed by atoms with Crippen LogP contribution in [0.15, 0.2) is 22.7 Å². The Morgan fingerprint density at radius 3 is 2.43 bits per heavy atom. The van der Waals surface area contributed by atoms with Crippen molar-refractivity contribution in [2.75, 3.05) is 39.4 Å². The van der Waals surface area contributed by atoms with Crippen LogP contribution in [0.1, 0.15) is 12.5 Å². The van der Waals surface area contributed by atoms with Crippen molar-refractivity contribution in [3.63, 3.8) is 0 Å². The van der Waals surface area contributed by atoms with Gasteiger partial charge in [-0.25, -0.2) is 4.79 Å². The smallest absolute Gasteiger partial charge is 0.409 e. The Morgan fingerprint density at radius 1 is 1.17 bits per heavy atom. The summed E-state index contributed by atoms with van der Waals surface area (Å²) in [6, 6.07) is 5.71. The molecule has 1 saturated heterocycles. The summed E-state index contributed by atoms with van der Waals surface area (Å²) in [5.74, 6) is 0.565. The van der Waals surface area contributed by atoms with Crippen LogP contribution in [0.5, 0.6) is 5.75 Å². The van der Waals surface area contributed by atoms with Gasteiger partial charge >= 0.3 is 6.09 Å². The lowest BCUT2D eigenvalue weighted by atomic mass is 10.2. The molecule has 126 valence electrons. The van der Waals surface area contributed by atoms with Crippen LogP contribution in [0.3, 0.4) is 0 Å². The first-order chi connectivity index (χ1) is 11.0. The lowest BCUT2D eigenvalue weighted by molar-refractivity contribution is -0.135. The Labute approximate surface area is 144 Å². The van der Waals surface area contributed by atoms with Crippen molar-refractivity contribution in [3.05, 3.63) is 28.2 Å². The highest BCUT2D eigenvalue weighted by atomic mass is 79.9. The second kappa shape index (κ2) is 8.19. The van der Waals surface area contributed by atoms with E-state index < -0.39 is 0 Å². The molecule has 1 aliphatic rings. The molecule has 0 bridgehead atoms. The first kappa shape index (κ1) is 17.6. The van der Waals surface area contributed by atoms with E-state index in [2.05, 4.69) is 15.9 Å². The Kier molecular flexibility index (Phi) is 6.27. The minimum Gasteiger partial charge on any atom is -0.483 e. The minimum atomic E-state index is -0.320. The van der Waals surface area contributed by atoms with Gasteiger partial charge in [0.25, 0.3) is 5.91 Å². The fourth-order valence-corrected chi connectivity index (χ4v) is 2.91. The highest BCUT2D eigenvalue weighted by Gasteiger charge is 2.25. The summed E-state index contributed by atoms with van der Waals surface area (Å²) in [5, 5.41) is 0. The molecule has 1 heterocycles. The van der Waals surface area contributed by atoms with E-state index in [-0.39, 0.29) is 18.6 Å². The maximum atomic E-state index is 12.2. The Morgan fingerprint density at radius 2 is 1.83 bits per heavy atom. The number of hydrogen-bond donors (Lipinski definition) is 0. The van der Waals surface area contributed by atoms with Gasteiger partial charge in [0.15, 0.2) is 6.61 Å². The van der Waals surface area contributed by atoms with Crippen LogP contribution in [-0.4, -0.2) is 61.2 Å². The van der Waals surface area contributed by atoms with Crippen LogP contribution in [-0.2, 0) is 9.53 Å². The lowest BCUT2D eigenvalue weighted by Gasteiger charge is -2.34. The summed E-state index contributed by atoms with van der Waals surface area (Å²) < 4.78 is 11.4. The molecule has 0 aromatic heterocycles. The van der Waals surface area contributed by atoms with Gasteiger partial charge < -0.3 is 19.3 Å². The maximum absolute atomic E-state index is 12.2. The van der Waals surface area contributed by atoms with Gasteiger partial charge in [0.1, 0.15) is 5.75 Å². The van der Waals surface area contributed by atoms with Crippen LogP contribution >= 0.6 is 15.9 Å². The topological polar surface area (TPSA) is 59.1 Å². The van der Waals surface area contributed by atoms with Crippen molar-refractivity contribution < 1.29 is 19.1 Å². The summed E-state index contributed by atoms with van der Waals surface area (Å²) in [7, 11) is 0. The van der Waals surface area contributed by atoms with E-state index in [9.17, 15) is 9.59 Å². The van der Waals surface area contributed by atoms with Crippen LogP contribution < -0.4 is 4.74 Å². The Bertz CT molecular complexity index is 571. The fraction of sp³-hybridized carbons (Fsp3) is 0.500. The van der Waals surface area contributed by atoms with Gasteiger partial charge in [-0.3, -0.25) is 4.79 Å². The summed E-state index contributed by atoms with van der Waals surface area (Å²) in [6.07, 6.45) is -0.320. The zero-order valence-corrected chi connectivity index (χ0v) is 15.0. The third kappa shape index (κ3) is 4.86. The molecular weight excluding hydrogens is 364 g/mol. The van der Waals surface area contributed by atoms with E-state index in [0.29, 0.717) is 38.5 Å². The number of carbonyl (C=O) groups is 2. The van der Waals surface area contributed by atoms with E-state index >= 15 is 0 Å². The largest absolute Gasteiger partial charge is 0.483 e. The first-order valence-corrected chi connectivity index (χ1v) is 8.39. The summed E-state index contributed by atoms with van der Waals surface area (Å²) in [6.45, 7) is 6.07. The zero-order chi connectivity index (χ0) is 16.8. The van der Waals surface area contributed by atoms with Gasteiger partial charge in [0.2, 0.25) is 0 Å². The molecule has 0 radical (unpaired) electrons. The molecule has 23 heavy (non-hydrogen) atoms. The molecule has 0 aliphatic carbocycles. The summed E-state index contributed by atoms with van der Waals surface area (Å²) >= 11 is 3.42. The molecular formula is C16H21BrN2O4. The molecule has 2 rings (SSSR count). The molecule has 1 aromatic carbocycles. The summed E-state index contributed by atoms with van der Waals surface area (Å²) in [5.41, 5.74) is 1.12. The zero-order valence-electron chi connectivity index (χ0n) is 13.4. The third-order valence-electron chi connectivity index (χ3n) is 3.60. The molecule has 0 N–H and O–H groups in total. The van der Waals surface area contributed by atoms with E-state index in [1.54, 1.807) is 16.7 Å². The molecule has 1 fully saturated rings. The number of amides is 2. The lowest BCUT2D eigenvalue weighted by Crippen LogP contribution is -2.51. The SMILES string of the molecule is CCOC(=O)N1CCN(C(=O)COc2ccc(C)cc2Br)CC1. The van der Waals surface area contributed by atoms with E-state index in [1.807, 2.05) is 25.1 Å². The number of benzene rings is 1. The van der Waals surface area contributed by atoms with E-state index in [0.717, 1.165) is 10.0 Å². The Balaban J connectivity index is 1.80. The molecule has 7 heteroatoms. The molecule has 1 aromatic rings. The first-order valence-electron chi connectivity index (χ1n) is 7.59. The van der Waals surface area contributed by atoms with Crippen LogP contribution in [0.25, 0.3) is 0 Å². The highest BCUT2D eigenvalue weighted by Crippen LogP contribution is 2.25. The molecule has 0 unspecified atom stereocenters. The van der Waals surface area contributed by atoms with Crippen molar-refractivity contribution in [1.29, 1.82) is 0 Å². The van der Waals surface area contributed by atoms with Crippen molar-refractivity contribution in [1.82, 2.24) is 9.80 Å². The molecule has 6 nitrogen and oxygen atoms in total. The van der Waals surface area contributed by atoms with E-state index in [4.69, 9.17) is 9.47 Å². The van der Waals surface area contributed by atoms with Crippen LogP contribution in [0.2, 0.25) is 0 Å². The van der Waals surface area contributed by atoms with Gasteiger partial charge in [-0.1, -0.05) is 6.07 Å². The van der Waals surface area contributed by atoms with Crippen molar-refractivity contribution >= 4 is 27.9 Å².